The normalized spacial score (nSPS) is 10.3. The van der Waals surface area contributed by atoms with E-state index in [1.165, 1.54) is 0 Å². The Bertz CT molecular complexity index is 541. The molecule has 0 aliphatic heterocycles. The molecule has 0 saturated carbocycles. The number of nitrogens with zero attached hydrogens (tertiary/aromatic N) is 2. The van der Waals surface area contributed by atoms with E-state index in [1.807, 2.05) is 31.2 Å². The van der Waals surface area contributed by atoms with E-state index in [2.05, 4.69) is 15.3 Å². The maximum Gasteiger partial charge on any atom is 0.226 e. The van der Waals surface area contributed by atoms with Crippen molar-refractivity contribution in [2.24, 2.45) is 0 Å². The van der Waals surface area contributed by atoms with Crippen LogP contribution in [0.2, 0.25) is 0 Å². The van der Waals surface area contributed by atoms with Gasteiger partial charge < -0.3 is 15.2 Å². The molecular weight excluding hydrogens is 242 g/mol. The molecule has 0 atom stereocenters. The molecule has 5 nitrogen and oxygen atoms in total. The van der Waals surface area contributed by atoms with Crippen molar-refractivity contribution in [2.45, 2.75) is 13.3 Å². The minimum Gasteiger partial charge on any atom is -0.439 e. The first kappa shape index (κ1) is 13.3. The summed E-state index contributed by atoms with van der Waals surface area (Å²) in [5.41, 5.74) is 1.95. The molecule has 2 N–H and O–H groups in total. The topological polar surface area (TPSA) is 67.3 Å². The van der Waals surface area contributed by atoms with E-state index < -0.39 is 0 Å². The first-order chi connectivity index (χ1) is 9.22. The van der Waals surface area contributed by atoms with Gasteiger partial charge in [-0.1, -0.05) is 12.1 Å². The second-order valence-electron chi connectivity index (χ2n) is 4.15. The lowest BCUT2D eigenvalue weighted by Crippen LogP contribution is -1.99. The monoisotopic (exact) mass is 259 g/mol. The van der Waals surface area contributed by atoms with Crippen LogP contribution in [0.4, 0.5) is 5.95 Å². The number of benzene rings is 1. The second-order valence-corrected chi connectivity index (χ2v) is 4.15. The van der Waals surface area contributed by atoms with Crippen LogP contribution < -0.4 is 10.1 Å². The molecule has 0 aliphatic carbocycles. The summed E-state index contributed by atoms with van der Waals surface area (Å²) in [6.45, 7) is 2.05. The van der Waals surface area contributed by atoms with Crippen molar-refractivity contribution in [3.05, 3.63) is 41.6 Å². The van der Waals surface area contributed by atoms with Crippen molar-refractivity contribution < 1.29 is 9.84 Å². The molecule has 2 rings (SSSR count). The fourth-order valence-corrected chi connectivity index (χ4v) is 1.62. The number of aliphatic hydroxyl groups excluding tert-OH is 1. The summed E-state index contributed by atoms with van der Waals surface area (Å²) < 4.78 is 5.73. The number of anilines is 1. The number of hydrogen-bond acceptors (Lipinski definition) is 5. The number of nitrogens with one attached hydrogen (secondary N) is 1. The smallest absolute Gasteiger partial charge is 0.226 e. The Kier molecular flexibility index (Phi) is 4.30. The molecular formula is C14H17N3O2. The van der Waals surface area contributed by atoms with Crippen LogP contribution in [0, 0.1) is 6.92 Å². The highest BCUT2D eigenvalue weighted by Crippen LogP contribution is 2.23. The minimum absolute atomic E-state index is 0.150. The molecule has 5 heteroatoms. The van der Waals surface area contributed by atoms with Gasteiger partial charge in [0.15, 0.2) is 0 Å². The van der Waals surface area contributed by atoms with Crippen LogP contribution in [-0.4, -0.2) is 28.7 Å². The molecule has 0 aliphatic rings. The van der Waals surface area contributed by atoms with Crippen LogP contribution in [0.25, 0.3) is 0 Å². The summed E-state index contributed by atoms with van der Waals surface area (Å²) in [6, 6.07) is 7.60. The van der Waals surface area contributed by atoms with Crippen molar-refractivity contribution in [3.63, 3.8) is 0 Å². The van der Waals surface area contributed by atoms with Crippen LogP contribution in [0.15, 0.2) is 30.5 Å². The van der Waals surface area contributed by atoms with Gasteiger partial charge in [-0.15, -0.1) is 0 Å². The van der Waals surface area contributed by atoms with Crippen molar-refractivity contribution in [3.8, 4) is 11.6 Å². The molecule has 100 valence electrons. The van der Waals surface area contributed by atoms with E-state index in [9.17, 15) is 0 Å². The molecule has 0 unspecified atom stereocenters. The molecule has 2 aromatic rings. The lowest BCUT2D eigenvalue weighted by molar-refractivity contribution is 0.299. The fourth-order valence-electron chi connectivity index (χ4n) is 1.62. The molecule has 0 fully saturated rings. The highest BCUT2D eigenvalue weighted by Gasteiger charge is 2.05. The van der Waals surface area contributed by atoms with Gasteiger partial charge in [0.2, 0.25) is 11.8 Å². The van der Waals surface area contributed by atoms with Crippen molar-refractivity contribution >= 4 is 5.95 Å². The SMILES string of the molecule is CNc1ncc(C)c(Oc2ccc(CCO)cc2)n1. The van der Waals surface area contributed by atoms with Gasteiger partial charge in [0.25, 0.3) is 0 Å². The minimum atomic E-state index is 0.150. The third-order valence-corrected chi connectivity index (χ3v) is 2.69. The molecule has 19 heavy (non-hydrogen) atoms. The first-order valence-corrected chi connectivity index (χ1v) is 6.12. The van der Waals surface area contributed by atoms with Crippen LogP contribution in [0.3, 0.4) is 0 Å². The lowest BCUT2D eigenvalue weighted by Gasteiger charge is -2.09. The molecule has 0 radical (unpaired) electrons. The van der Waals surface area contributed by atoms with Gasteiger partial charge in [-0.05, 0) is 31.0 Å². The van der Waals surface area contributed by atoms with Gasteiger partial charge in [0, 0.05) is 25.4 Å². The van der Waals surface area contributed by atoms with E-state index in [0.29, 0.717) is 24.0 Å². The average molecular weight is 259 g/mol. The summed E-state index contributed by atoms with van der Waals surface area (Å²) in [7, 11) is 1.76. The number of ether oxygens (including phenoxy) is 1. The van der Waals surface area contributed by atoms with Crippen LogP contribution >= 0.6 is 0 Å². The molecule has 0 bridgehead atoms. The number of hydrogen-bond donors (Lipinski definition) is 2. The molecule has 0 saturated heterocycles. The zero-order valence-corrected chi connectivity index (χ0v) is 11.1. The standard InChI is InChI=1S/C14H17N3O2/c1-10-9-16-14(15-2)17-13(10)19-12-5-3-11(4-6-12)7-8-18/h3-6,9,18H,7-8H2,1-2H3,(H,15,16,17). The quantitative estimate of drug-likeness (QED) is 0.861. The Morgan fingerprint density at radius 1 is 1.26 bits per heavy atom. The maximum atomic E-state index is 8.86. The zero-order valence-electron chi connectivity index (χ0n) is 11.1. The van der Waals surface area contributed by atoms with Gasteiger partial charge in [-0.2, -0.15) is 4.98 Å². The van der Waals surface area contributed by atoms with Crippen molar-refractivity contribution in [1.82, 2.24) is 9.97 Å². The van der Waals surface area contributed by atoms with Gasteiger partial charge >= 0.3 is 0 Å². The van der Waals surface area contributed by atoms with Crippen molar-refractivity contribution in [1.29, 1.82) is 0 Å². The lowest BCUT2D eigenvalue weighted by atomic mass is 10.1. The van der Waals surface area contributed by atoms with Crippen molar-refractivity contribution in [2.75, 3.05) is 19.0 Å². The van der Waals surface area contributed by atoms with Gasteiger partial charge in [0.05, 0.1) is 0 Å². The molecule has 1 heterocycles. The van der Waals surface area contributed by atoms with E-state index in [4.69, 9.17) is 9.84 Å². The Hall–Kier alpha value is -2.14. The Balaban J connectivity index is 2.16. The van der Waals surface area contributed by atoms with Crippen LogP contribution in [-0.2, 0) is 6.42 Å². The number of aryl methyl sites for hydroxylation is 1. The third-order valence-electron chi connectivity index (χ3n) is 2.69. The highest BCUT2D eigenvalue weighted by atomic mass is 16.5. The first-order valence-electron chi connectivity index (χ1n) is 6.12. The molecule has 0 spiro atoms. The van der Waals surface area contributed by atoms with Gasteiger partial charge in [0.1, 0.15) is 5.75 Å². The van der Waals surface area contributed by atoms with Crippen LogP contribution in [0.1, 0.15) is 11.1 Å². The summed E-state index contributed by atoms with van der Waals surface area (Å²) in [4.78, 5) is 8.37. The van der Waals surface area contributed by atoms with E-state index >= 15 is 0 Å². The Morgan fingerprint density at radius 3 is 2.63 bits per heavy atom. The van der Waals surface area contributed by atoms with E-state index in [-0.39, 0.29) is 6.61 Å². The largest absolute Gasteiger partial charge is 0.439 e. The predicted octanol–water partition coefficient (Wildman–Crippen LogP) is 2.15. The highest BCUT2D eigenvalue weighted by molar-refractivity contribution is 5.36. The third kappa shape index (κ3) is 3.42. The Labute approximate surface area is 112 Å². The molecule has 1 aromatic carbocycles. The van der Waals surface area contributed by atoms with Crippen LogP contribution in [0.5, 0.6) is 11.6 Å². The molecule has 1 aromatic heterocycles. The van der Waals surface area contributed by atoms with E-state index in [0.717, 1.165) is 11.1 Å². The predicted molar refractivity (Wildman–Crippen MR) is 73.6 cm³/mol. The number of rotatable bonds is 5. The second kappa shape index (κ2) is 6.15. The summed E-state index contributed by atoms with van der Waals surface area (Å²) in [6.07, 6.45) is 2.37. The summed E-state index contributed by atoms with van der Waals surface area (Å²) in [5.74, 6) is 1.78. The number of aliphatic hydroxyl groups is 1. The maximum absolute atomic E-state index is 8.86. The zero-order chi connectivity index (χ0) is 13.7. The number of aromatic nitrogens is 2. The summed E-state index contributed by atoms with van der Waals surface area (Å²) >= 11 is 0. The van der Waals surface area contributed by atoms with E-state index in [1.54, 1.807) is 13.2 Å². The fraction of sp³-hybridized carbons (Fsp3) is 0.286. The summed E-state index contributed by atoms with van der Waals surface area (Å²) in [5, 5.41) is 11.7. The Morgan fingerprint density at radius 2 is 2.00 bits per heavy atom. The molecule has 0 amide bonds. The average Bonchev–Trinajstić information content (AvgIpc) is 2.44. The van der Waals surface area contributed by atoms with Gasteiger partial charge in [-0.3, -0.25) is 0 Å². The van der Waals surface area contributed by atoms with Gasteiger partial charge in [-0.25, -0.2) is 4.98 Å².